The lowest BCUT2D eigenvalue weighted by molar-refractivity contribution is -0.121. The second kappa shape index (κ2) is 8.21. The number of nitrogens with zero attached hydrogens (tertiary/aromatic N) is 2. The molecule has 0 atom stereocenters. The molecule has 1 amide bonds. The number of imidazole rings is 1. The number of amides is 1. The molecule has 1 aliphatic rings. The van der Waals surface area contributed by atoms with Crippen LogP contribution in [-0.4, -0.2) is 34.8 Å². The molecule has 7 nitrogen and oxygen atoms in total. The average molecular weight is 416 g/mol. The maximum Gasteiger partial charge on any atom is 0.329 e. The van der Waals surface area contributed by atoms with E-state index in [2.05, 4.69) is 5.32 Å². The zero-order valence-corrected chi connectivity index (χ0v) is 16.9. The minimum absolute atomic E-state index is 0.0196. The Hall–Kier alpha value is -2.93. The first-order valence-corrected chi connectivity index (χ1v) is 9.99. The van der Waals surface area contributed by atoms with Crippen molar-refractivity contribution in [1.29, 1.82) is 0 Å². The van der Waals surface area contributed by atoms with Crippen LogP contribution >= 0.6 is 11.6 Å². The first-order chi connectivity index (χ1) is 14.1. The molecule has 0 spiro atoms. The van der Waals surface area contributed by atoms with Crippen LogP contribution in [0.4, 0.5) is 0 Å². The second-order valence-electron chi connectivity index (χ2n) is 6.80. The van der Waals surface area contributed by atoms with Gasteiger partial charge in [-0.3, -0.25) is 13.9 Å². The Bertz CT molecular complexity index is 1120. The fourth-order valence-corrected chi connectivity index (χ4v) is 3.87. The highest BCUT2D eigenvalue weighted by Gasteiger charge is 2.17. The van der Waals surface area contributed by atoms with Gasteiger partial charge in [-0.05, 0) is 43.2 Å². The highest BCUT2D eigenvalue weighted by molar-refractivity contribution is 6.32. The van der Waals surface area contributed by atoms with Gasteiger partial charge in [-0.25, -0.2) is 4.79 Å². The number of carbonyl (C=O) groups excluding carboxylic acids is 1. The van der Waals surface area contributed by atoms with Crippen molar-refractivity contribution in [1.82, 2.24) is 14.5 Å². The lowest BCUT2D eigenvalue weighted by Gasteiger charge is -2.20. The monoisotopic (exact) mass is 415 g/mol. The molecule has 29 heavy (non-hydrogen) atoms. The molecule has 2 heterocycles. The summed E-state index contributed by atoms with van der Waals surface area (Å²) in [7, 11) is 0. The van der Waals surface area contributed by atoms with Gasteiger partial charge in [-0.15, -0.1) is 0 Å². The Balaban J connectivity index is 1.42. The van der Waals surface area contributed by atoms with E-state index in [4.69, 9.17) is 21.1 Å². The number of para-hydroxylation sites is 2. The van der Waals surface area contributed by atoms with E-state index in [1.165, 1.54) is 4.57 Å². The molecule has 0 fully saturated rings. The van der Waals surface area contributed by atoms with Gasteiger partial charge in [0.1, 0.15) is 19.8 Å². The van der Waals surface area contributed by atoms with Gasteiger partial charge in [0.15, 0.2) is 11.5 Å². The van der Waals surface area contributed by atoms with E-state index < -0.39 is 0 Å². The maximum absolute atomic E-state index is 12.6. The molecule has 2 aromatic carbocycles. The van der Waals surface area contributed by atoms with Crippen molar-refractivity contribution >= 4 is 28.5 Å². The summed E-state index contributed by atoms with van der Waals surface area (Å²) in [5, 5.41) is 3.38. The third-order valence-corrected chi connectivity index (χ3v) is 5.22. The summed E-state index contributed by atoms with van der Waals surface area (Å²) in [6.07, 6.45) is 0.591. The van der Waals surface area contributed by atoms with Gasteiger partial charge in [0.25, 0.3) is 0 Å². The molecule has 0 unspecified atom stereocenters. The first kappa shape index (κ1) is 19.4. The molecule has 3 aromatic rings. The Morgan fingerprint density at radius 1 is 1.14 bits per heavy atom. The number of benzene rings is 2. The predicted molar refractivity (Wildman–Crippen MR) is 111 cm³/mol. The van der Waals surface area contributed by atoms with Crippen LogP contribution in [0.25, 0.3) is 11.0 Å². The highest BCUT2D eigenvalue weighted by Crippen LogP contribution is 2.38. The van der Waals surface area contributed by atoms with E-state index in [-0.39, 0.29) is 18.1 Å². The summed E-state index contributed by atoms with van der Waals surface area (Å²) in [6, 6.07) is 11.2. The van der Waals surface area contributed by atoms with Crippen LogP contribution in [-0.2, 0) is 24.3 Å². The molecule has 4 rings (SSSR count). The smallest absolute Gasteiger partial charge is 0.329 e. The topological polar surface area (TPSA) is 74.5 Å². The van der Waals surface area contributed by atoms with Gasteiger partial charge >= 0.3 is 5.69 Å². The molecule has 152 valence electrons. The van der Waals surface area contributed by atoms with Crippen LogP contribution in [0.5, 0.6) is 11.5 Å². The van der Waals surface area contributed by atoms with E-state index in [0.717, 1.165) is 16.6 Å². The minimum Gasteiger partial charge on any atom is -0.486 e. The van der Waals surface area contributed by atoms with Gasteiger partial charge in [0.2, 0.25) is 5.91 Å². The molecular weight excluding hydrogens is 394 g/mol. The van der Waals surface area contributed by atoms with Crippen LogP contribution in [0.2, 0.25) is 5.02 Å². The summed E-state index contributed by atoms with van der Waals surface area (Å²) < 4.78 is 14.3. The fraction of sp³-hybridized carbons (Fsp3) is 0.333. The molecular formula is C21H22ClN3O4. The van der Waals surface area contributed by atoms with Crippen molar-refractivity contribution < 1.29 is 14.3 Å². The number of carbonyl (C=O) groups is 1. The summed E-state index contributed by atoms with van der Waals surface area (Å²) in [6.45, 7) is 3.85. The van der Waals surface area contributed by atoms with E-state index in [9.17, 15) is 9.59 Å². The fourth-order valence-electron chi connectivity index (χ4n) is 3.59. The molecule has 1 aromatic heterocycles. The van der Waals surface area contributed by atoms with Crippen LogP contribution in [0.3, 0.4) is 0 Å². The Kier molecular flexibility index (Phi) is 5.49. The molecule has 1 aliphatic heterocycles. The van der Waals surface area contributed by atoms with Crippen molar-refractivity contribution in [2.45, 2.75) is 26.4 Å². The standard InChI is InChI=1S/C21H22ClN3O4/c1-2-24-16-5-3-4-6-17(16)25(21(24)27)13-19(26)23-8-7-14-11-15(22)20-18(12-14)28-9-10-29-20/h3-6,11-12H,2,7-10,13H2,1H3,(H,23,26). The third-order valence-electron chi connectivity index (χ3n) is 4.94. The SMILES string of the molecule is CCn1c(=O)n(CC(=O)NCCc2cc(Cl)c3c(c2)OCCO3)c2ccccc21. The minimum atomic E-state index is -0.213. The van der Waals surface area contributed by atoms with Crippen LogP contribution in [0.1, 0.15) is 12.5 Å². The Morgan fingerprint density at radius 2 is 1.86 bits per heavy atom. The maximum atomic E-state index is 12.6. The molecule has 1 N–H and O–H groups in total. The van der Waals surface area contributed by atoms with Gasteiger partial charge in [-0.1, -0.05) is 23.7 Å². The zero-order chi connectivity index (χ0) is 20.4. The number of aryl methyl sites for hydroxylation is 1. The molecule has 0 bridgehead atoms. The summed E-state index contributed by atoms with van der Waals surface area (Å²) >= 11 is 6.25. The zero-order valence-electron chi connectivity index (χ0n) is 16.1. The second-order valence-corrected chi connectivity index (χ2v) is 7.21. The van der Waals surface area contributed by atoms with Gasteiger partial charge < -0.3 is 14.8 Å². The third kappa shape index (κ3) is 3.82. The molecule has 0 aliphatic carbocycles. The van der Waals surface area contributed by atoms with Gasteiger partial charge in [0, 0.05) is 13.1 Å². The van der Waals surface area contributed by atoms with Crippen molar-refractivity contribution in [2.24, 2.45) is 0 Å². The normalized spacial score (nSPS) is 12.9. The summed E-state index contributed by atoms with van der Waals surface area (Å²) in [5.74, 6) is 0.983. The van der Waals surface area contributed by atoms with Crippen LogP contribution in [0, 0.1) is 0 Å². The number of nitrogens with one attached hydrogen (secondary N) is 1. The largest absolute Gasteiger partial charge is 0.486 e. The van der Waals surface area contributed by atoms with Crippen LogP contribution < -0.4 is 20.5 Å². The molecule has 0 saturated carbocycles. The lowest BCUT2D eigenvalue weighted by Crippen LogP contribution is -2.34. The number of rotatable bonds is 6. The molecule has 8 heteroatoms. The summed E-state index contributed by atoms with van der Waals surface area (Å²) in [4.78, 5) is 25.1. The van der Waals surface area contributed by atoms with E-state index >= 15 is 0 Å². The van der Waals surface area contributed by atoms with Crippen molar-refractivity contribution in [3.05, 3.63) is 57.5 Å². The average Bonchev–Trinajstić information content (AvgIpc) is 2.99. The number of fused-ring (bicyclic) bond motifs is 2. The Morgan fingerprint density at radius 3 is 2.62 bits per heavy atom. The summed E-state index contributed by atoms with van der Waals surface area (Å²) in [5.41, 5.74) is 2.36. The van der Waals surface area contributed by atoms with Crippen molar-refractivity contribution in [2.75, 3.05) is 19.8 Å². The lowest BCUT2D eigenvalue weighted by atomic mass is 10.1. The van der Waals surface area contributed by atoms with E-state index in [0.29, 0.717) is 49.2 Å². The van der Waals surface area contributed by atoms with Gasteiger partial charge in [0.05, 0.1) is 16.1 Å². The first-order valence-electron chi connectivity index (χ1n) is 9.61. The molecule has 0 radical (unpaired) electrons. The van der Waals surface area contributed by atoms with Crippen molar-refractivity contribution in [3.8, 4) is 11.5 Å². The number of halogens is 1. The predicted octanol–water partition coefficient (Wildman–Crippen LogP) is 2.61. The quantitative estimate of drug-likeness (QED) is 0.671. The van der Waals surface area contributed by atoms with Crippen LogP contribution in [0.15, 0.2) is 41.2 Å². The van der Waals surface area contributed by atoms with E-state index in [1.807, 2.05) is 43.3 Å². The Labute approximate surface area is 172 Å². The molecule has 0 saturated heterocycles. The van der Waals surface area contributed by atoms with E-state index in [1.54, 1.807) is 4.57 Å². The number of aromatic nitrogens is 2. The van der Waals surface area contributed by atoms with Gasteiger partial charge in [-0.2, -0.15) is 0 Å². The van der Waals surface area contributed by atoms with Crippen molar-refractivity contribution in [3.63, 3.8) is 0 Å². The highest BCUT2D eigenvalue weighted by atomic mass is 35.5. The number of hydrogen-bond donors (Lipinski definition) is 1. The number of hydrogen-bond acceptors (Lipinski definition) is 4. The number of ether oxygens (including phenoxy) is 2.